The molecule has 0 saturated carbocycles. The number of urea groups is 1. The number of halogens is 1. The second kappa shape index (κ2) is 8.57. The Morgan fingerprint density at radius 1 is 1.13 bits per heavy atom. The van der Waals surface area contributed by atoms with Crippen molar-refractivity contribution in [3.8, 4) is 11.5 Å². The zero-order valence-corrected chi connectivity index (χ0v) is 18.6. The van der Waals surface area contributed by atoms with Crippen molar-refractivity contribution in [3.05, 3.63) is 40.9 Å². The summed E-state index contributed by atoms with van der Waals surface area (Å²) < 4.78 is 11.7. The van der Waals surface area contributed by atoms with Gasteiger partial charge in [0.15, 0.2) is 16.6 Å². The normalized spacial score (nSPS) is 14.1. The number of benzene rings is 2. The number of aryl methyl sites for hydroxylation is 1. The Kier molecular flexibility index (Phi) is 5.87. The van der Waals surface area contributed by atoms with Gasteiger partial charge in [-0.1, -0.05) is 35.1 Å². The predicted octanol–water partition coefficient (Wildman–Crippen LogP) is 4.63. The Morgan fingerprint density at radius 2 is 1.90 bits per heavy atom. The van der Waals surface area contributed by atoms with Gasteiger partial charge in [0.25, 0.3) is 0 Å². The number of nitrogens with zero attached hydrogens (tertiary/aromatic N) is 3. The summed E-state index contributed by atoms with van der Waals surface area (Å²) in [5, 5.41) is 4.60. The first-order chi connectivity index (χ1) is 14.5. The van der Waals surface area contributed by atoms with E-state index in [1.165, 1.54) is 0 Å². The van der Waals surface area contributed by atoms with Crippen LogP contribution >= 0.6 is 22.9 Å². The van der Waals surface area contributed by atoms with Crippen molar-refractivity contribution in [1.29, 1.82) is 0 Å². The van der Waals surface area contributed by atoms with Gasteiger partial charge in [0.1, 0.15) is 0 Å². The van der Waals surface area contributed by atoms with Crippen LogP contribution < -0.4 is 19.7 Å². The maximum absolute atomic E-state index is 12.8. The monoisotopic (exact) mass is 446 g/mol. The van der Waals surface area contributed by atoms with E-state index in [1.807, 2.05) is 25.1 Å². The third kappa shape index (κ3) is 3.85. The fraction of sp³-hybridized carbons (Fsp3) is 0.333. The highest BCUT2D eigenvalue weighted by Gasteiger charge is 2.24. The zero-order chi connectivity index (χ0) is 21.3. The number of aromatic nitrogens is 1. The number of ether oxygens (including phenoxy) is 2. The van der Waals surface area contributed by atoms with E-state index in [0.29, 0.717) is 43.4 Å². The second-order valence-corrected chi connectivity index (χ2v) is 8.37. The molecular weight excluding hydrogens is 424 g/mol. The minimum Gasteiger partial charge on any atom is -0.493 e. The van der Waals surface area contributed by atoms with Crippen molar-refractivity contribution in [2.24, 2.45) is 0 Å². The molecule has 2 heterocycles. The Morgan fingerprint density at radius 3 is 2.57 bits per heavy atom. The summed E-state index contributed by atoms with van der Waals surface area (Å²) in [4.78, 5) is 21.6. The Bertz CT molecular complexity index is 1040. The number of carbonyl (C=O) groups excluding carboxylic acids is 1. The predicted molar refractivity (Wildman–Crippen MR) is 122 cm³/mol. The van der Waals surface area contributed by atoms with Crippen molar-refractivity contribution < 1.29 is 14.3 Å². The number of amides is 2. The maximum atomic E-state index is 12.8. The average Bonchev–Trinajstić information content (AvgIpc) is 3.23. The van der Waals surface area contributed by atoms with Gasteiger partial charge in [-0.3, -0.25) is 0 Å². The van der Waals surface area contributed by atoms with Gasteiger partial charge in [-0.05, 0) is 30.7 Å². The van der Waals surface area contributed by atoms with Crippen LogP contribution in [0.3, 0.4) is 0 Å². The lowest BCUT2D eigenvalue weighted by atomic mass is 10.2. The first-order valence-electron chi connectivity index (χ1n) is 9.59. The van der Waals surface area contributed by atoms with Crippen molar-refractivity contribution in [3.63, 3.8) is 0 Å². The van der Waals surface area contributed by atoms with Crippen LogP contribution in [0.1, 0.15) is 5.56 Å². The molecule has 1 fully saturated rings. The largest absolute Gasteiger partial charge is 0.493 e. The number of nitrogens with one attached hydrogen (secondary N) is 1. The standard InChI is InChI=1S/C21H23ClN4O3S/c1-13-7-8-14(22)19-17(13)24-21(30-19)26-11-9-25(10-12-26)20(27)23-15-5-4-6-16(28-2)18(15)29-3/h4-8H,9-12H2,1-3H3,(H,23,27). The highest BCUT2D eigenvalue weighted by Crippen LogP contribution is 2.36. The quantitative estimate of drug-likeness (QED) is 0.632. The van der Waals surface area contributed by atoms with E-state index in [2.05, 4.69) is 10.2 Å². The summed E-state index contributed by atoms with van der Waals surface area (Å²) in [5.41, 5.74) is 2.65. The van der Waals surface area contributed by atoms with Crippen LogP contribution in [-0.2, 0) is 0 Å². The van der Waals surface area contributed by atoms with Gasteiger partial charge < -0.3 is 24.6 Å². The molecule has 1 N–H and O–H groups in total. The highest BCUT2D eigenvalue weighted by molar-refractivity contribution is 7.22. The van der Waals surface area contributed by atoms with Crippen LogP contribution in [-0.4, -0.2) is 56.3 Å². The fourth-order valence-electron chi connectivity index (χ4n) is 3.51. The summed E-state index contributed by atoms with van der Waals surface area (Å²) in [6, 6.07) is 9.14. The molecule has 30 heavy (non-hydrogen) atoms. The van der Waals surface area contributed by atoms with Crippen LogP contribution in [0.4, 0.5) is 15.6 Å². The number of carbonyl (C=O) groups is 1. The number of rotatable bonds is 4. The number of anilines is 2. The van der Waals surface area contributed by atoms with Gasteiger partial charge in [-0.15, -0.1) is 0 Å². The maximum Gasteiger partial charge on any atom is 0.322 e. The van der Waals surface area contributed by atoms with Gasteiger partial charge in [-0.25, -0.2) is 9.78 Å². The molecule has 0 unspecified atom stereocenters. The second-order valence-electron chi connectivity index (χ2n) is 6.98. The molecule has 1 aliphatic heterocycles. The summed E-state index contributed by atoms with van der Waals surface area (Å²) in [6.45, 7) is 4.65. The summed E-state index contributed by atoms with van der Waals surface area (Å²) in [6.07, 6.45) is 0. The zero-order valence-electron chi connectivity index (χ0n) is 17.1. The van der Waals surface area contributed by atoms with E-state index in [0.717, 1.165) is 25.9 Å². The highest BCUT2D eigenvalue weighted by atomic mass is 35.5. The van der Waals surface area contributed by atoms with E-state index in [-0.39, 0.29) is 6.03 Å². The number of para-hydroxylation sites is 1. The minimum absolute atomic E-state index is 0.163. The molecule has 0 aliphatic carbocycles. The lowest BCUT2D eigenvalue weighted by Crippen LogP contribution is -2.50. The van der Waals surface area contributed by atoms with E-state index < -0.39 is 0 Å². The van der Waals surface area contributed by atoms with Gasteiger partial charge in [0.2, 0.25) is 0 Å². The molecular formula is C21H23ClN4O3S. The van der Waals surface area contributed by atoms with Crippen molar-refractivity contribution >= 4 is 50.0 Å². The van der Waals surface area contributed by atoms with Crippen LogP contribution in [0, 0.1) is 6.92 Å². The molecule has 0 radical (unpaired) electrons. The molecule has 2 aromatic carbocycles. The number of methoxy groups -OCH3 is 2. The van der Waals surface area contributed by atoms with Crippen LogP contribution in [0.25, 0.3) is 10.2 Å². The van der Waals surface area contributed by atoms with E-state index in [1.54, 1.807) is 42.6 Å². The van der Waals surface area contributed by atoms with Crippen molar-refractivity contribution in [1.82, 2.24) is 9.88 Å². The number of hydrogen-bond donors (Lipinski definition) is 1. The Labute approximate surface area is 184 Å². The molecule has 7 nitrogen and oxygen atoms in total. The molecule has 4 rings (SSSR count). The number of piperazine rings is 1. The lowest BCUT2D eigenvalue weighted by molar-refractivity contribution is 0.208. The molecule has 158 valence electrons. The van der Waals surface area contributed by atoms with Crippen molar-refractivity contribution in [2.75, 3.05) is 50.6 Å². The fourth-order valence-corrected chi connectivity index (χ4v) is 4.87. The summed E-state index contributed by atoms with van der Waals surface area (Å²) in [5.74, 6) is 1.08. The SMILES string of the molecule is COc1cccc(NC(=O)N2CCN(c3nc4c(C)ccc(Cl)c4s3)CC2)c1OC. The molecule has 3 aromatic rings. The number of thiazole rings is 1. The number of hydrogen-bond acceptors (Lipinski definition) is 6. The Balaban J connectivity index is 1.43. The molecule has 2 amide bonds. The molecule has 1 aromatic heterocycles. The van der Waals surface area contributed by atoms with E-state index >= 15 is 0 Å². The van der Waals surface area contributed by atoms with E-state index in [4.69, 9.17) is 26.1 Å². The molecule has 9 heteroatoms. The smallest absolute Gasteiger partial charge is 0.322 e. The minimum atomic E-state index is -0.163. The van der Waals surface area contributed by atoms with Crippen molar-refractivity contribution in [2.45, 2.75) is 6.92 Å². The third-order valence-electron chi connectivity index (χ3n) is 5.17. The van der Waals surface area contributed by atoms with Gasteiger partial charge in [0.05, 0.1) is 35.1 Å². The molecule has 1 aliphatic rings. The average molecular weight is 447 g/mol. The first-order valence-corrected chi connectivity index (χ1v) is 10.8. The first kappa shape index (κ1) is 20.6. The van der Waals surface area contributed by atoms with Gasteiger partial charge in [0, 0.05) is 26.2 Å². The van der Waals surface area contributed by atoms with Crippen LogP contribution in [0.15, 0.2) is 30.3 Å². The van der Waals surface area contributed by atoms with E-state index in [9.17, 15) is 4.79 Å². The lowest BCUT2D eigenvalue weighted by Gasteiger charge is -2.34. The molecule has 1 saturated heterocycles. The third-order valence-corrected chi connectivity index (χ3v) is 6.74. The topological polar surface area (TPSA) is 66.9 Å². The summed E-state index contributed by atoms with van der Waals surface area (Å²) >= 11 is 7.94. The van der Waals surface area contributed by atoms with Crippen LogP contribution in [0.5, 0.6) is 11.5 Å². The van der Waals surface area contributed by atoms with Gasteiger partial charge in [-0.2, -0.15) is 0 Å². The van der Waals surface area contributed by atoms with Gasteiger partial charge >= 0.3 is 6.03 Å². The number of fused-ring (bicyclic) bond motifs is 1. The van der Waals surface area contributed by atoms with Crippen LogP contribution in [0.2, 0.25) is 5.02 Å². The molecule has 0 atom stereocenters. The summed E-state index contributed by atoms with van der Waals surface area (Å²) in [7, 11) is 3.12. The molecule has 0 bridgehead atoms. The Hall–Kier alpha value is -2.71. The molecule has 0 spiro atoms.